The highest BCUT2D eigenvalue weighted by Crippen LogP contribution is 2.31. The third kappa shape index (κ3) is 2.05. The molecule has 9 nitrogen and oxygen atoms in total. The topological polar surface area (TPSA) is 136 Å². The molecular formula is C11H14N2O7. The van der Waals surface area contributed by atoms with Crippen molar-refractivity contribution in [3.05, 3.63) is 11.6 Å². The number of nitrogens with one attached hydrogen (secondary N) is 1. The van der Waals surface area contributed by atoms with E-state index in [2.05, 4.69) is 4.74 Å². The third-order valence-electron chi connectivity index (χ3n) is 3.40. The van der Waals surface area contributed by atoms with Crippen molar-refractivity contribution in [2.24, 2.45) is 0 Å². The van der Waals surface area contributed by atoms with E-state index in [1.54, 1.807) is 0 Å². The summed E-state index contributed by atoms with van der Waals surface area (Å²) in [6, 6.07) is -2.40. The van der Waals surface area contributed by atoms with Crippen molar-refractivity contribution >= 4 is 17.9 Å². The molecule has 0 aromatic carbocycles. The number of amides is 3. The van der Waals surface area contributed by atoms with Crippen LogP contribution in [0.1, 0.15) is 0 Å². The summed E-state index contributed by atoms with van der Waals surface area (Å²) in [6.45, 7) is -0.632. The van der Waals surface area contributed by atoms with Gasteiger partial charge in [-0.2, -0.15) is 0 Å². The van der Waals surface area contributed by atoms with Crippen molar-refractivity contribution in [2.45, 2.75) is 24.3 Å². The van der Waals surface area contributed by atoms with E-state index in [1.807, 2.05) is 5.32 Å². The van der Waals surface area contributed by atoms with Crippen LogP contribution >= 0.6 is 0 Å². The number of methoxy groups -OCH3 is 1. The largest absolute Gasteiger partial charge is 0.453 e. The van der Waals surface area contributed by atoms with E-state index < -0.39 is 48.8 Å². The van der Waals surface area contributed by atoms with Crippen LogP contribution in [0.2, 0.25) is 0 Å². The van der Waals surface area contributed by atoms with Crippen LogP contribution in [0.25, 0.3) is 0 Å². The normalized spacial score (nSPS) is 33.2. The van der Waals surface area contributed by atoms with Gasteiger partial charge in [0, 0.05) is 11.6 Å². The second-order valence-corrected chi connectivity index (χ2v) is 4.47. The molecule has 1 fully saturated rings. The van der Waals surface area contributed by atoms with Crippen LogP contribution in [0.3, 0.4) is 0 Å². The van der Waals surface area contributed by atoms with E-state index >= 15 is 0 Å². The van der Waals surface area contributed by atoms with E-state index in [0.717, 1.165) is 18.1 Å². The summed E-state index contributed by atoms with van der Waals surface area (Å²) < 4.78 is 4.52. The van der Waals surface area contributed by atoms with Crippen molar-refractivity contribution in [3.8, 4) is 0 Å². The molecule has 2 aliphatic rings. The molecule has 2 aliphatic heterocycles. The number of aliphatic hydroxyl groups is 3. The Morgan fingerprint density at radius 2 is 2.05 bits per heavy atom. The van der Waals surface area contributed by atoms with Crippen molar-refractivity contribution in [2.75, 3.05) is 13.7 Å². The van der Waals surface area contributed by atoms with Gasteiger partial charge < -0.3 is 20.1 Å². The van der Waals surface area contributed by atoms with Gasteiger partial charge in [0.05, 0.1) is 25.8 Å². The molecule has 1 saturated heterocycles. The Hall–Kier alpha value is -1.97. The number of hydrogen-bond donors (Lipinski definition) is 4. The molecule has 3 amide bonds. The molecule has 9 heteroatoms. The third-order valence-corrected chi connectivity index (χ3v) is 3.40. The molecule has 2 heterocycles. The first-order valence-corrected chi connectivity index (χ1v) is 5.82. The fraction of sp³-hybridized carbons (Fsp3) is 0.545. The summed E-state index contributed by atoms with van der Waals surface area (Å²) >= 11 is 0. The molecular weight excluding hydrogens is 272 g/mol. The number of ether oxygens (including phenoxy) is 1. The summed E-state index contributed by atoms with van der Waals surface area (Å²) in [7, 11) is 1.08. The Morgan fingerprint density at radius 3 is 2.50 bits per heavy atom. The first kappa shape index (κ1) is 14.4. The lowest BCUT2D eigenvalue weighted by Crippen LogP contribution is -2.47. The van der Waals surface area contributed by atoms with Crippen LogP contribution in [0.15, 0.2) is 11.6 Å². The molecule has 4 N–H and O–H groups in total. The van der Waals surface area contributed by atoms with Crippen molar-refractivity contribution < 1.29 is 34.4 Å². The van der Waals surface area contributed by atoms with Crippen LogP contribution < -0.4 is 5.32 Å². The predicted octanol–water partition coefficient (Wildman–Crippen LogP) is -2.90. The molecule has 0 aromatic rings. The Morgan fingerprint density at radius 1 is 1.40 bits per heavy atom. The number of carbonyl (C=O) groups is 3. The fourth-order valence-electron chi connectivity index (χ4n) is 2.48. The minimum atomic E-state index is -1.52. The van der Waals surface area contributed by atoms with Crippen LogP contribution in [0.5, 0.6) is 0 Å². The first-order valence-electron chi connectivity index (χ1n) is 5.82. The second-order valence-electron chi connectivity index (χ2n) is 4.47. The van der Waals surface area contributed by atoms with Crippen LogP contribution in [0.4, 0.5) is 4.79 Å². The number of hydrogen-bond acceptors (Lipinski definition) is 7. The van der Waals surface area contributed by atoms with Gasteiger partial charge in [-0.3, -0.25) is 19.8 Å². The van der Waals surface area contributed by atoms with E-state index in [-0.39, 0.29) is 5.57 Å². The lowest BCUT2D eigenvalue weighted by molar-refractivity contribution is -0.124. The number of nitrogens with zero attached hydrogens (tertiary/aromatic N) is 1. The van der Waals surface area contributed by atoms with Gasteiger partial charge in [0.2, 0.25) is 0 Å². The minimum absolute atomic E-state index is 0.164. The predicted molar refractivity (Wildman–Crippen MR) is 62.2 cm³/mol. The number of rotatable bonds is 2. The van der Waals surface area contributed by atoms with E-state index in [1.165, 1.54) is 0 Å². The van der Waals surface area contributed by atoms with Crippen LogP contribution in [-0.4, -0.2) is 76.1 Å². The van der Waals surface area contributed by atoms with Gasteiger partial charge in [-0.15, -0.1) is 0 Å². The summed E-state index contributed by atoms with van der Waals surface area (Å²) in [4.78, 5) is 35.4. The molecule has 4 atom stereocenters. The Labute approximate surface area is 113 Å². The zero-order valence-electron chi connectivity index (χ0n) is 10.5. The Balaban J connectivity index is 2.43. The molecule has 0 bridgehead atoms. The average molecular weight is 286 g/mol. The van der Waals surface area contributed by atoms with E-state index in [4.69, 9.17) is 0 Å². The molecule has 0 aromatic heterocycles. The quantitative estimate of drug-likeness (QED) is 0.400. The summed E-state index contributed by atoms with van der Waals surface area (Å²) in [5.41, 5.74) is -0.164. The monoisotopic (exact) mass is 286 g/mol. The van der Waals surface area contributed by atoms with Gasteiger partial charge in [0.25, 0.3) is 11.8 Å². The van der Waals surface area contributed by atoms with E-state index in [9.17, 15) is 29.7 Å². The lowest BCUT2D eigenvalue weighted by atomic mass is 10.0. The summed E-state index contributed by atoms with van der Waals surface area (Å²) in [5.74, 6) is -1.44. The number of likely N-dealkylation sites (tertiary alicyclic amines) is 1. The SMILES string of the molecule is COC(=O)N1[C@H](CO)[C@@H](O)[C@@H](O)[C@@H]1C1=CC(=O)NC1=O. The average Bonchev–Trinajstić information content (AvgIpc) is 2.87. The van der Waals surface area contributed by atoms with Gasteiger partial charge in [-0.1, -0.05) is 0 Å². The summed E-state index contributed by atoms with van der Waals surface area (Å²) in [6.07, 6.45) is -2.97. The van der Waals surface area contributed by atoms with Gasteiger partial charge in [-0.05, 0) is 0 Å². The van der Waals surface area contributed by atoms with Crippen molar-refractivity contribution in [1.29, 1.82) is 0 Å². The zero-order chi connectivity index (χ0) is 15.0. The van der Waals surface area contributed by atoms with E-state index in [0.29, 0.717) is 0 Å². The van der Waals surface area contributed by atoms with Crippen LogP contribution in [-0.2, 0) is 14.3 Å². The Kier molecular flexibility index (Phi) is 3.75. The van der Waals surface area contributed by atoms with Gasteiger partial charge in [0.15, 0.2) is 0 Å². The molecule has 2 rings (SSSR count). The maximum atomic E-state index is 11.8. The van der Waals surface area contributed by atoms with Gasteiger partial charge in [0.1, 0.15) is 12.2 Å². The molecule has 0 unspecified atom stereocenters. The Bertz CT molecular complexity index is 489. The molecule has 0 radical (unpaired) electrons. The summed E-state index contributed by atoms with van der Waals surface area (Å²) in [5, 5.41) is 31.1. The molecule has 0 aliphatic carbocycles. The highest BCUT2D eigenvalue weighted by Gasteiger charge is 2.53. The minimum Gasteiger partial charge on any atom is -0.453 e. The van der Waals surface area contributed by atoms with Gasteiger partial charge >= 0.3 is 6.09 Å². The maximum Gasteiger partial charge on any atom is 0.410 e. The fourth-order valence-corrected chi connectivity index (χ4v) is 2.48. The molecule has 110 valence electrons. The number of imide groups is 1. The lowest BCUT2D eigenvalue weighted by Gasteiger charge is -2.28. The smallest absolute Gasteiger partial charge is 0.410 e. The van der Waals surface area contributed by atoms with Crippen molar-refractivity contribution in [3.63, 3.8) is 0 Å². The molecule has 20 heavy (non-hydrogen) atoms. The first-order chi connectivity index (χ1) is 9.42. The highest BCUT2D eigenvalue weighted by atomic mass is 16.5. The van der Waals surface area contributed by atoms with Gasteiger partial charge in [-0.25, -0.2) is 4.79 Å². The molecule has 0 saturated carbocycles. The second kappa shape index (κ2) is 5.19. The highest BCUT2D eigenvalue weighted by molar-refractivity contribution is 6.17. The number of aliphatic hydroxyl groups excluding tert-OH is 3. The molecule has 0 spiro atoms. The zero-order valence-corrected chi connectivity index (χ0v) is 10.5. The van der Waals surface area contributed by atoms with Crippen LogP contribution in [0, 0.1) is 0 Å². The number of carbonyl (C=O) groups excluding carboxylic acids is 3. The van der Waals surface area contributed by atoms with Crippen molar-refractivity contribution in [1.82, 2.24) is 10.2 Å². The standard InChI is InChI=1S/C11H14N2O7/c1-20-11(19)13-5(3-14)8(16)9(17)7(13)4-2-6(15)12-10(4)18/h2,5,7-9,14,16-17H,3H2,1H3,(H,12,15,18)/t5-,7+,8-,9+/m1/s1. The maximum absolute atomic E-state index is 11.8.